The molecule has 0 fully saturated rings. The predicted octanol–water partition coefficient (Wildman–Crippen LogP) is 4.31. The van der Waals surface area contributed by atoms with Gasteiger partial charge in [0.1, 0.15) is 5.75 Å². The van der Waals surface area contributed by atoms with Crippen molar-refractivity contribution in [2.24, 2.45) is 0 Å². The highest BCUT2D eigenvalue weighted by Gasteiger charge is 2.15. The minimum Gasteiger partial charge on any atom is -0.481 e. The molecule has 1 N–H and O–H groups in total. The summed E-state index contributed by atoms with van der Waals surface area (Å²) >= 11 is 2.23. The van der Waals surface area contributed by atoms with E-state index in [9.17, 15) is 4.79 Å². The highest BCUT2D eigenvalue weighted by Crippen LogP contribution is 2.21. The molecule has 0 unspecified atom stereocenters. The standard InChI is InChI=1S/C17H18INO2/c1-11-4-5-12(2)16(10-11)21-13(3)17(20)19-15-8-6-14(18)7-9-15/h4-10,13H,1-3H3,(H,19,20)/t13-/m1/s1. The number of carbonyl (C=O) groups excluding carboxylic acids is 1. The Bertz CT molecular complexity index is 638. The summed E-state index contributed by atoms with van der Waals surface area (Å²) < 4.78 is 6.90. The average molecular weight is 395 g/mol. The molecule has 0 radical (unpaired) electrons. The number of halogens is 1. The lowest BCUT2D eigenvalue weighted by molar-refractivity contribution is -0.122. The van der Waals surface area contributed by atoms with Crippen molar-refractivity contribution in [1.29, 1.82) is 0 Å². The van der Waals surface area contributed by atoms with Crippen molar-refractivity contribution >= 4 is 34.2 Å². The summed E-state index contributed by atoms with van der Waals surface area (Å²) in [5.74, 6) is 0.595. The van der Waals surface area contributed by atoms with E-state index in [4.69, 9.17) is 4.74 Å². The summed E-state index contributed by atoms with van der Waals surface area (Å²) in [4.78, 5) is 12.2. The first-order valence-corrected chi connectivity index (χ1v) is 7.84. The van der Waals surface area contributed by atoms with E-state index in [1.54, 1.807) is 6.92 Å². The smallest absolute Gasteiger partial charge is 0.265 e. The number of benzene rings is 2. The lowest BCUT2D eigenvalue weighted by Gasteiger charge is -2.16. The molecule has 21 heavy (non-hydrogen) atoms. The number of carbonyl (C=O) groups is 1. The first-order chi connectivity index (χ1) is 9.95. The molecule has 110 valence electrons. The number of hydrogen-bond donors (Lipinski definition) is 1. The highest BCUT2D eigenvalue weighted by atomic mass is 127. The fourth-order valence-electron chi connectivity index (χ4n) is 1.86. The summed E-state index contributed by atoms with van der Waals surface area (Å²) in [6.07, 6.45) is -0.551. The predicted molar refractivity (Wildman–Crippen MR) is 93.8 cm³/mol. The Kier molecular flexibility index (Phi) is 5.22. The molecule has 0 aliphatic rings. The van der Waals surface area contributed by atoms with Gasteiger partial charge >= 0.3 is 0 Å². The minimum absolute atomic E-state index is 0.155. The molecule has 2 aromatic rings. The highest BCUT2D eigenvalue weighted by molar-refractivity contribution is 14.1. The molecule has 0 saturated carbocycles. The maximum Gasteiger partial charge on any atom is 0.265 e. The van der Waals surface area contributed by atoms with Gasteiger partial charge in [-0.2, -0.15) is 0 Å². The molecule has 0 aliphatic heterocycles. The summed E-state index contributed by atoms with van der Waals surface area (Å²) in [6, 6.07) is 13.6. The van der Waals surface area contributed by atoms with Crippen LogP contribution in [0.15, 0.2) is 42.5 Å². The van der Waals surface area contributed by atoms with Gasteiger partial charge in [0.15, 0.2) is 6.10 Å². The van der Waals surface area contributed by atoms with Crippen LogP contribution in [0, 0.1) is 17.4 Å². The lowest BCUT2D eigenvalue weighted by atomic mass is 10.1. The molecule has 2 rings (SSSR count). The molecule has 0 saturated heterocycles. The number of anilines is 1. The zero-order chi connectivity index (χ0) is 15.4. The van der Waals surface area contributed by atoms with Gasteiger partial charge in [-0.15, -0.1) is 0 Å². The van der Waals surface area contributed by atoms with Crippen LogP contribution in [0.4, 0.5) is 5.69 Å². The molecule has 0 aliphatic carbocycles. The third kappa shape index (κ3) is 4.46. The van der Waals surface area contributed by atoms with Gasteiger partial charge in [0.05, 0.1) is 0 Å². The summed E-state index contributed by atoms with van der Waals surface area (Å²) in [5.41, 5.74) is 2.91. The Balaban J connectivity index is 2.02. The van der Waals surface area contributed by atoms with Gasteiger partial charge in [-0.05, 0) is 84.8 Å². The molecule has 0 aromatic heterocycles. The molecule has 0 heterocycles. The minimum atomic E-state index is -0.551. The number of aryl methyl sites for hydroxylation is 2. The summed E-state index contributed by atoms with van der Waals surface area (Å²) in [5, 5.41) is 2.86. The van der Waals surface area contributed by atoms with Crippen molar-refractivity contribution in [1.82, 2.24) is 0 Å². The van der Waals surface area contributed by atoms with Crippen molar-refractivity contribution in [3.63, 3.8) is 0 Å². The third-order valence-corrected chi connectivity index (χ3v) is 3.85. The quantitative estimate of drug-likeness (QED) is 0.784. The second kappa shape index (κ2) is 6.93. The average Bonchev–Trinajstić information content (AvgIpc) is 2.45. The van der Waals surface area contributed by atoms with Gasteiger partial charge in [0.2, 0.25) is 0 Å². The Morgan fingerprint density at radius 3 is 2.48 bits per heavy atom. The van der Waals surface area contributed by atoms with Gasteiger partial charge in [-0.25, -0.2) is 0 Å². The van der Waals surface area contributed by atoms with Crippen LogP contribution in [-0.4, -0.2) is 12.0 Å². The molecular formula is C17H18INO2. The first kappa shape index (κ1) is 15.8. The Hall–Kier alpha value is -1.56. The van der Waals surface area contributed by atoms with Crippen molar-refractivity contribution < 1.29 is 9.53 Å². The SMILES string of the molecule is Cc1ccc(C)c(O[C@H](C)C(=O)Nc2ccc(I)cc2)c1. The van der Waals surface area contributed by atoms with Gasteiger partial charge < -0.3 is 10.1 Å². The fourth-order valence-corrected chi connectivity index (χ4v) is 2.21. The van der Waals surface area contributed by atoms with Gasteiger partial charge in [0, 0.05) is 9.26 Å². The molecule has 2 aromatic carbocycles. The van der Waals surface area contributed by atoms with E-state index >= 15 is 0 Å². The van der Waals surface area contributed by atoms with Crippen molar-refractivity contribution in [2.75, 3.05) is 5.32 Å². The number of ether oxygens (including phenoxy) is 1. The molecule has 3 nitrogen and oxygen atoms in total. The molecule has 0 bridgehead atoms. The normalized spacial score (nSPS) is 11.8. The first-order valence-electron chi connectivity index (χ1n) is 6.76. The zero-order valence-electron chi connectivity index (χ0n) is 12.3. The second-order valence-electron chi connectivity index (χ2n) is 5.03. The third-order valence-electron chi connectivity index (χ3n) is 3.13. The monoisotopic (exact) mass is 395 g/mol. The lowest BCUT2D eigenvalue weighted by Crippen LogP contribution is -2.30. The second-order valence-corrected chi connectivity index (χ2v) is 6.27. The van der Waals surface area contributed by atoms with Gasteiger partial charge in [-0.3, -0.25) is 4.79 Å². The molecule has 0 spiro atoms. The van der Waals surface area contributed by atoms with Crippen molar-refractivity contribution in [3.05, 3.63) is 57.2 Å². The largest absolute Gasteiger partial charge is 0.481 e. The number of hydrogen-bond acceptors (Lipinski definition) is 2. The van der Waals surface area contributed by atoms with Crippen LogP contribution in [0.1, 0.15) is 18.1 Å². The van der Waals surface area contributed by atoms with E-state index in [1.807, 2.05) is 56.3 Å². The number of amides is 1. The maximum atomic E-state index is 12.2. The number of nitrogens with one attached hydrogen (secondary N) is 1. The molecular weight excluding hydrogens is 377 g/mol. The number of rotatable bonds is 4. The maximum absolute atomic E-state index is 12.2. The van der Waals surface area contributed by atoms with Crippen LogP contribution in [0.5, 0.6) is 5.75 Å². The van der Waals surface area contributed by atoms with Crippen LogP contribution in [0.2, 0.25) is 0 Å². The van der Waals surface area contributed by atoms with Crippen LogP contribution in [0.3, 0.4) is 0 Å². The van der Waals surface area contributed by atoms with Crippen LogP contribution in [0.25, 0.3) is 0 Å². The van der Waals surface area contributed by atoms with Crippen LogP contribution in [-0.2, 0) is 4.79 Å². The summed E-state index contributed by atoms with van der Waals surface area (Å²) in [7, 11) is 0. The van der Waals surface area contributed by atoms with Gasteiger partial charge in [0.25, 0.3) is 5.91 Å². The van der Waals surface area contributed by atoms with E-state index in [-0.39, 0.29) is 5.91 Å². The van der Waals surface area contributed by atoms with Crippen molar-refractivity contribution in [3.8, 4) is 5.75 Å². The van der Waals surface area contributed by atoms with Gasteiger partial charge in [-0.1, -0.05) is 12.1 Å². The van der Waals surface area contributed by atoms with E-state index in [0.29, 0.717) is 0 Å². The fraction of sp³-hybridized carbons (Fsp3) is 0.235. The molecule has 1 atom stereocenters. The Labute approximate surface area is 138 Å². The zero-order valence-corrected chi connectivity index (χ0v) is 14.5. The van der Waals surface area contributed by atoms with E-state index in [2.05, 4.69) is 27.9 Å². The van der Waals surface area contributed by atoms with Crippen LogP contribution >= 0.6 is 22.6 Å². The van der Waals surface area contributed by atoms with Crippen LogP contribution < -0.4 is 10.1 Å². The van der Waals surface area contributed by atoms with E-state index in [1.165, 1.54) is 0 Å². The Morgan fingerprint density at radius 2 is 1.81 bits per heavy atom. The molecule has 1 amide bonds. The van der Waals surface area contributed by atoms with E-state index < -0.39 is 6.10 Å². The topological polar surface area (TPSA) is 38.3 Å². The van der Waals surface area contributed by atoms with Crippen molar-refractivity contribution in [2.45, 2.75) is 26.9 Å². The Morgan fingerprint density at radius 1 is 1.14 bits per heavy atom. The summed E-state index contributed by atoms with van der Waals surface area (Å²) in [6.45, 7) is 5.73. The van der Waals surface area contributed by atoms with E-state index in [0.717, 1.165) is 26.1 Å². The molecule has 4 heteroatoms.